The largest absolute Gasteiger partial charge is 0.382 e. The average molecular weight is 474 g/mol. The SMILES string of the molecule is CN(C(=O)c1ccc2nc(N)c3cncn3c2c1)[C@@H]1CC(C)(C)c2cc(S(F)(F)F)ccc21. The number of nitrogens with zero attached hydrogens (tertiary/aromatic N) is 4. The Hall–Kier alpha value is -3.27. The summed E-state index contributed by atoms with van der Waals surface area (Å²) in [5.41, 5.74) is 9.34. The van der Waals surface area contributed by atoms with Crippen LogP contribution in [0.15, 0.2) is 53.8 Å². The van der Waals surface area contributed by atoms with E-state index in [9.17, 15) is 16.5 Å². The summed E-state index contributed by atoms with van der Waals surface area (Å²) in [6.45, 7) is 3.84. The standard InChI is InChI=1S/C23H22F3N5OS/c1-23(2)10-19(15-6-5-14(9-16(15)23)33(24,25)26)30(3)22(32)13-4-7-17-18(8-13)31-12-28-11-20(31)21(27)29-17/h4-9,11-12,19H,10H2,1-3H3,(H2,27,29)/t19-/m1/s1. The molecule has 2 aromatic heterocycles. The minimum absolute atomic E-state index is 0.221. The van der Waals surface area contributed by atoms with Gasteiger partial charge in [0, 0.05) is 12.6 Å². The van der Waals surface area contributed by atoms with Crippen LogP contribution in [0.4, 0.5) is 17.5 Å². The van der Waals surface area contributed by atoms with Crippen molar-refractivity contribution in [3.63, 3.8) is 0 Å². The van der Waals surface area contributed by atoms with Gasteiger partial charge in [0.05, 0.1) is 34.5 Å². The first-order valence-electron chi connectivity index (χ1n) is 10.3. The summed E-state index contributed by atoms with van der Waals surface area (Å²) in [5, 5.41) is 0. The molecule has 2 aromatic carbocycles. The fraction of sp³-hybridized carbons (Fsp3) is 0.261. The molecule has 1 aliphatic carbocycles. The molecule has 0 fully saturated rings. The molecule has 0 radical (unpaired) electrons. The van der Waals surface area contributed by atoms with Gasteiger partial charge in [0.1, 0.15) is 11.3 Å². The van der Waals surface area contributed by atoms with Crippen molar-refractivity contribution in [3.8, 4) is 0 Å². The van der Waals surface area contributed by atoms with Crippen molar-refractivity contribution in [2.45, 2.75) is 36.6 Å². The maximum Gasteiger partial charge on any atom is 0.254 e. The summed E-state index contributed by atoms with van der Waals surface area (Å²) in [6.07, 6.45) is 3.76. The second kappa shape index (κ2) is 7.11. The van der Waals surface area contributed by atoms with Gasteiger partial charge in [0.15, 0.2) is 0 Å². The molecule has 4 aromatic rings. The molecule has 0 saturated carbocycles. The molecule has 1 aliphatic rings. The van der Waals surface area contributed by atoms with Crippen LogP contribution in [0.1, 0.15) is 47.8 Å². The molecule has 10 heteroatoms. The van der Waals surface area contributed by atoms with E-state index in [0.29, 0.717) is 39.9 Å². The van der Waals surface area contributed by atoms with Crippen LogP contribution in [0.25, 0.3) is 16.6 Å². The maximum atomic E-state index is 13.4. The highest BCUT2D eigenvalue weighted by Crippen LogP contribution is 2.62. The van der Waals surface area contributed by atoms with Gasteiger partial charge in [-0.05, 0) is 53.3 Å². The highest BCUT2D eigenvalue weighted by Gasteiger charge is 2.41. The number of imidazole rings is 1. The highest BCUT2D eigenvalue weighted by atomic mass is 32.3. The maximum absolute atomic E-state index is 13.4. The Labute approximate surface area is 190 Å². The van der Waals surface area contributed by atoms with E-state index >= 15 is 0 Å². The number of anilines is 1. The van der Waals surface area contributed by atoms with Gasteiger partial charge in [0.2, 0.25) is 11.2 Å². The molecular weight excluding hydrogens is 451 g/mol. The molecule has 5 rings (SSSR count). The molecule has 1 amide bonds. The lowest BCUT2D eigenvalue weighted by atomic mass is 9.86. The molecule has 1 atom stereocenters. The van der Waals surface area contributed by atoms with E-state index in [1.165, 1.54) is 12.1 Å². The van der Waals surface area contributed by atoms with Gasteiger partial charge >= 0.3 is 0 Å². The van der Waals surface area contributed by atoms with Crippen LogP contribution in [-0.4, -0.2) is 32.2 Å². The normalized spacial score (nSPS) is 17.9. The zero-order valence-corrected chi connectivity index (χ0v) is 19.0. The van der Waals surface area contributed by atoms with Crippen LogP contribution in [0.3, 0.4) is 0 Å². The third-order valence-corrected chi connectivity index (χ3v) is 7.28. The van der Waals surface area contributed by atoms with Crippen LogP contribution >= 0.6 is 11.2 Å². The number of benzene rings is 2. The number of carbonyl (C=O) groups excluding carboxylic acids is 1. The summed E-state index contributed by atoms with van der Waals surface area (Å²) >= 11 is -5.31. The molecule has 6 nitrogen and oxygen atoms in total. The number of hydrogen-bond donors (Lipinski definition) is 1. The van der Waals surface area contributed by atoms with Crippen LogP contribution in [0.2, 0.25) is 0 Å². The fourth-order valence-corrected chi connectivity index (χ4v) is 5.23. The second-order valence-corrected chi connectivity index (χ2v) is 10.3. The van der Waals surface area contributed by atoms with Crippen molar-refractivity contribution in [2.75, 3.05) is 12.8 Å². The van der Waals surface area contributed by atoms with E-state index in [1.807, 2.05) is 13.8 Å². The van der Waals surface area contributed by atoms with Crippen LogP contribution in [-0.2, 0) is 5.41 Å². The Morgan fingerprint density at radius 3 is 2.67 bits per heavy atom. The fourth-order valence-electron chi connectivity index (χ4n) is 4.76. The Bertz CT molecular complexity index is 1430. The molecule has 0 unspecified atom stereocenters. The zero-order valence-electron chi connectivity index (χ0n) is 18.2. The summed E-state index contributed by atoms with van der Waals surface area (Å²) < 4.78 is 41.8. The number of nitrogen functional groups attached to an aromatic ring is 1. The summed E-state index contributed by atoms with van der Waals surface area (Å²) in [4.78, 5) is 23.0. The smallest absolute Gasteiger partial charge is 0.254 e. The molecule has 2 heterocycles. The Kier molecular flexibility index (Phi) is 4.65. The summed E-state index contributed by atoms with van der Waals surface area (Å²) in [6, 6.07) is 8.74. The molecule has 33 heavy (non-hydrogen) atoms. The molecule has 0 spiro atoms. The summed E-state index contributed by atoms with van der Waals surface area (Å²) in [7, 11) is 1.69. The Morgan fingerprint density at radius 2 is 1.94 bits per heavy atom. The number of carbonyl (C=O) groups is 1. The number of nitrogens with two attached hydrogens (primary N) is 1. The van der Waals surface area contributed by atoms with Crippen LogP contribution in [0.5, 0.6) is 0 Å². The monoisotopic (exact) mass is 473 g/mol. The molecule has 2 N–H and O–H groups in total. The van der Waals surface area contributed by atoms with E-state index in [4.69, 9.17) is 5.73 Å². The predicted octanol–water partition coefficient (Wildman–Crippen LogP) is 5.78. The van der Waals surface area contributed by atoms with Crippen molar-refractivity contribution in [3.05, 3.63) is 65.6 Å². The van der Waals surface area contributed by atoms with E-state index in [2.05, 4.69) is 9.97 Å². The van der Waals surface area contributed by atoms with E-state index < -0.39 is 21.5 Å². The minimum atomic E-state index is -5.31. The first-order chi connectivity index (χ1) is 15.5. The van der Waals surface area contributed by atoms with Crippen molar-refractivity contribution in [2.24, 2.45) is 0 Å². The van der Waals surface area contributed by atoms with Gasteiger partial charge in [-0.3, -0.25) is 9.20 Å². The van der Waals surface area contributed by atoms with Crippen molar-refractivity contribution >= 4 is 39.5 Å². The van der Waals surface area contributed by atoms with Gasteiger partial charge in [-0.1, -0.05) is 19.9 Å². The quantitative estimate of drug-likeness (QED) is 0.409. The van der Waals surface area contributed by atoms with E-state index in [1.54, 1.807) is 47.1 Å². The summed E-state index contributed by atoms with van der Waals surface area (Å²) in [5.74, 6) is 0.127. The number of fused-ring (bicyclic) bond motifs is 4. The lowest BCUT2D eigenvalue weighted by molar-refractivity contribution is 0.0720. The van der Waals surface area contributed by atoms with Gasteiger partial charge in [0.25, 0.3) is 5.91 Å². The number of rotatable bonds is 3. The Morgan fingerprint density at radius 1 is 1.18 bits per heavy atom. The molecule has 0 bridgehead atoms. The lowest BCUT2D eigenvalue weighted by Crippen LogP contribution is -2.31. The topological polar surface area (TPSA) is 76.5 Å². The molecular formula is C23H22F3N5OS. The number of halogens is 3. The Balaban J connectivity index is 1.53. The first kappa shape index (κ1) is 21.6. The van der Waals surface area contributed by atoms with E-state index in [-0.39, 0.29) is 11.9 Å². The number of aromatic nitrogens is 3. The van der Waals surface area contributed by atoms with Gasteiger partial charge < -0.3 is 10.6 Å². The lowest BCUT2D eigenvalue weighted by Gasteiger charge is -2.27. The average Bonchev–Trinajstić information content (AvgIpc) is 3.35. The number of amides is 1. The second-order valence-electron chi connectivity index (χ2n) is 9.02. The molecule has 172 valence electrons. The van der Waals surface area contributed by atoms with Crippen molar-refractivity contribution < 1.29 is 16.5 Å². The number of hydrogen-bond acceptors (Lipinski definition) is 4. The zero-order chi connectivity index (χ0) is 23.7. The molecule has 0 aliphatic heterocycles. The van der Waals surface area contributed by atoms with Gasteiger partial charge in [-0.15, -0.1) is 11.7 Å². The van der Waals surface area contributed by atoms with Crippen molar-refractivity contribution in [1.82, 2.24) is 19.3 Å². The third-order valence-electron chi connectivity index (χ3n) is 6.50. The predicted molar refractivity (Wildman–Crippen MR) is 123 cm³/mol. The van der Waals surface area contributed by atoms with Crippen LogP contribution < -0.4 is 5.73 Å². The van der Waals surface area contributed by atoms with Gasteiger partial charge in [-0.2, -0.15) is 0 Å². The first-order valence-corrected chi connectivity index (χ1v) is 11.7. The minimum Gasteiger partial charge on any atom is -0.382 e. The van der Waals surface area contributed by atoms with Crippen LogP contribution in [0, 0.1) is 0 Å². The molecule has 0 saturated heterocycles. The van der Waals surface area contributed by atoms with Gasteiger partial charge in [-0.25, -0.2) is 9.97 Å². The highest BCUT2D eigenvalue weighted by molar-refractivity contribution is 8.20. The van der Waals surface area contributed by atoms with Crippen molar-refractivity contribution in [1.29, 1.82) is 0 Å². The third kappa shape index (κ3) is 3.40. The van der Waals surface area contributed by atoms with E-state index in [0.717, 1.165) is 11.6 Å².